The molecule has 0 bridgehead atoms. The molecular weight excluding hydrogens is 232 g/mol. The molecule has 0 fully saturated rings. The van der Waals surface area contributed by atoms with Gasteiger partial charge in [0.05, 0.1) is 0 Å². The molecule has 1 aromatic carbocycles. The molecule has 0 unspecified atom stereocenters. The highest BCUT2D eigenvalue weighted by molar-refractivity contribution is 9.10. The molecule has 0 saturated heterocycles. The van der Waals surface area contributed by atoms with Crippen LogP contribution in [0.2, 0.25) is 0 Å². The van der Waals surface area contributed by atoms with Crippen LogP contribution in [0.4, 0.5) is 0 Å². The zero-order valence-corrected chi connectivity index (χ0v) is 8.14. The van der Waals surface area contributed by atoms with Gasteiger partial charge in [-0.15, -0.1) is 10.2 Å². The molecular formula is C8H5BrN4. The van der Waals surface area contributed by atoms with E-state index in [9.17, 15) is 0 Å². The summed E-state index contributed by atoms with van der Waals surface area (Å²) in [5.74, 6) is 0. The van der Waals surface area contributed by atoms with Gasteiger partial charge in [0.2, 0.25) is 0 Å². The van der Waals surface area contributed by atoms with Gasteiger partial charge in [-0.2, -0.15) is 0 Å². The fourth-order valence-corrected chi connectivity index (χ4v) is 1.36. The number of rotatable bonds is 1. The molecule has 0 atom stereocenters. The zero-order valence-electron chi connectivity index (χ0n) is 6.55. The molecule has 2 aromatic rings. The van der Waals surface area contributed by atoms with E-state index in [0.29, 0.717) is 10.3 Å². The van der Waals surface area contributed by atoms with Crippen molar-refractivity contribution < 1.29 is 0 Å². The van der Waals surface area contributed by atoms with Crippen molar-refractivity contribution >= 4 is 15.9 Å². The van der Waals surface area contributed by atoms with Crippen LogP contribution in [0.3, 0.4) is 0 Å². The van der Waals surface area contributed by atoms with Gasteiger partial charge < -0.3 is 0 Å². The first kappa shape index (κ1) is 8.25. The lowest BCUT2D eigenvalue weighted by molar-refractivity contribution is 0.755. The fraction of sp³-hybridized carbons (Fsp3) is 0. The topological polar surface area (TPSA) is 51.6 Å². The van der Waals surface area contributed by atoms with E-state index < -0.39 is 0 Å². The van der Waals surface area contributed by atoms with Crippen LogP contribution in [-0.4, -0.2) is 20.6 Å². The third-order valence-corrected chi connectivity index (χ3v) is 2.09. The smallest absolute Gasteiger partial charge is 0.126 e. The normalized spacial score (nSPS) is 9.92. The Morgan fingerprint density at radius 3 is 2.31 bits per heavy atom. The second kappa shape index (κ2) is 3.57. The van der Waals surface area contributed by atoms with Crippen molar-refractivity contribution in [1.29, 1.82) is 0 Å². The molecule has 0 radical (unpaired) electrons. The van der Waals surface area contributed by atoms with Gasteiger partial charge in [-0.1, -0.05) is 30.3 Å². The first-order chi connectivity index (χ1) is 6.38. The summed E-state index contributed by atoms with van der Waals surface area (Å²) < 4.78 is 0.605. The highest BCUT2D eigenvalue weighted by Gasteiger charge is 2.04. The minimum Gasteiger partial charge on any atom is -0.126 e. The molecule has 0 spiro atoms. The molecule has 0 amide bonds. The van der Waals surface area contributed by atoms with Crippen molar-refractivity contribution in [2.45, 2.75) is 0 Å². The highest BCUT2D eigenvalue weighted by Crippen LogP contribution is 2.21. The number of hydrogen-bond donors (Lipinski definition) is 0. The quantitative estimate of drug-likeness (QED) is 0.757. The van der Waals surface area contributed by atoms with Gasteiger partial charge in [-0.3, -0.25) is 0 Å². The van der Waals surface area contributed by atoms with E-state index in [1.807, 2.05) is 30.3 Å². The van der Waals surface area contributed by atoms with E-state index in [-0.39, 0.29) is 0 Å². The van der Waals surface area contributed by atoms with Gasteiger partial charge in [0, 0.05) is 5.56 Å². The summed E-state index contributed by atoms with van der Waals surface area (Å²) in [5.41, 5.74) is 1.67. The fourth-order valence-electron chi connectivity index (χ4n) is 0.985. The monoisotopic (exact) mass is 236 g/mol. The van der Waals surface area contributed by atoms with Crippen molar-refractivity contribution in [3.05, 3.63) is 34.9 Å². The minimum atomic E-state index is 0.605. The van der Waals surface area contributed by atoms with Gasteiger partial charge in [-0.25, -0.2) is 0 Å². The predicted octanol–water partition coefficient (Wildman–Crippen LogP) is 1.70. The minimum absolute atomic E-state index is 0.605. The Labute approximate surface area is 83.1 Å². The second-order valence-corrected chi connectivity index (χ2v) is 3.14. The molecule has 13 heavy (non-hydrogen) atoms. The summed E-state index contributed by atoms with van der Waals surface area (Å²) in [4.78, 5) is 0. The average molecular weight is 237 g/mol. The van der Waals surface area contributed by atoms with Crippen LogP contribution in [0.25, 0.3) is 11.3 Å². The van der Waals surface area contributed by atoms with E-state index >= 15 is 0 Å². The molecule has 0 aliphatic heterocycles. The predicted molar refractivity (Wildman–Crippen MR) is 50.8 cm³/mol. The maximum Gasteiger partial charge on any atom is 0.158 e. The summed E-state index contributed by atoms with van der Waals surface area (Å²) >= 11 is 3.26. The first-order valence-corrected chi connectivity index (χ1v) is 4.44. The second-order valence-electron chi connectivity index (χ2n) is 2.38. The van der Waals surface area contributed by atoms with Crippen LogP contribution in [0.1, 0.15) is 0 Å². The van der Waals surface area contributed by atoms with Gasteiger partial charge >= 0.3 is 0 Å². The number of aromatic nitrogens is 4. The maximum atomic E-state index is 3.88. The summed E-state index contributed by atoms with van der Waals surface area (Å²) in [6.07, 6.45) is 0. The lowest BCUT2D eigenvalue weighted by atomic mass is 10.2. The van der Waals surface area contributed by atoms with Crippen LogP contribution in [0.5, 0.6) is 0 Å². The van der Waals surface area contributed by atoms with Crippen LogP contribution in [0, 0.1) is 0 Å². The Bertz CT molecular complexity index is 404. The Kier molecular flexibility index (Phi) is 2.27. The Balaban J connectivity index is 2.54. The highest BCUT2D eigenvalue weighted by atomic mass is 79.9. The Morgan fingerprint density at radius 1 is 0.923 bits per heavy atom. The number of benzene rings is 1. The third-order valence-electron chi connectivity index (χ3n) is 1.56. The van der Waals surface area contributed by atoms with E-state index in [4.69, 9.17) is 0 Å². The van der Waals surface area contributed by atoms with Crippen molar-refractivity contribution in [2.24, 2.45) is 0 Å². The zero-order chi connectivity index (χ0) is 9.10. The molecule has 0 saturated carbocycles. The average Bonchev–Trinajstić information content (AvgIpc) is 2.20. The molecule has 2 rings (SSSR count). The molecule has 0 aliphatic rings. The van der Waals surface area contributed by atoms with Gasteiger partial charge in [-0.05, 0) is 26.4 Å². The van der Waals surface area contributed by atoms with E-state index in [1.165, 1.54) is 0 Å². The Hall–Kier alpha value is -1.36. The van der Waals surface area contributed by atoms with Crippen LogP contribution in [-0.2, 0) is 0 Å². The van der Waals surface area contributed by atoms with Crippen LogP contribution < -0.4 is 0 Å². The van der Waals surface area contributed by atoms with Crippen molar-refractivity contribution in [2.75, 3.05) is 0 Å². The number of hydrogen-bond acceptors (Lipinski definition) is 4. The SMILES string of the molecule is Brc1nnnnc1-c1ccccc1. The number of nitrogens with zero attached hydrogens (tertiary/aromatic N) is 4. The summed E-state index contributed by atoms with van der Waals surface area (Å²) in [6.45, 7) is 0. The third kappa shape index (κ3) is 1.70. The summed E-state index contributed by atoms with van der Waals surface area (Å²) in [6, 6.07) is 9.69. The molecule has 64 valence electrons. The van der Waals surface area contributed by atoms with Gasteiger partial charge in [0.15, 0.2) is 4.60 Å². The Morgan fingerprint density at radius 2 is 1.62 bits per heavy atom. The summed E-state index contributed by atoms with van der Waals surface area (Å²) in [5, 5.41) is 14.5. The lowest BCUT2D eigenvalue weighted by Crippen LogP contribution is -1.95. The standard InChI is InChI=1S/C8H5BrN4/c9-8-7(10-12-13-11-8)6-4-2-1-3-5-6/h1-5H. The van der Waals surface area contributed by atoms with Crippen LogP contribution >= 0.6 is 15.9 Å². The molecule has 0 aliphatic carbocycles. The van der Waals surface area contributed by atoms with E-state index in [2.05, 4.69) is 36.6 Å². The van der Waals surface area contributed by atoms with Crippen molar-refractivity contribution in [3.63, 3.8) is 0 Å². The van der Waals surface area contributed by atoms with E-state index in [1.54, 1.807) is 0 Å². The molecule has 4 nitrogen and oxygen atoms in total. The van der Waals surface area contributed by atoms with E-state index in [0.717, 1.165) is 5.56 Å². The van der Waals surface area contributed by atoms with Crippen LogP contribution in [0.15, 0.2) is 34.9 Å². The maximum absolute atomic E-state index is 3.88. The molecule has 0 N–H and O–H groups in total. The van der Waals surface area contributed by atoms with Crippen molar-refractivity contribution in [3.8, 4) is 11.3 Å². The number of halogens is 1. The lowest BCUT2D eigenvalue weighted by Gasteiger charge is -1.98. The molecule has 5 heteroatoms. The van der Waals surface area contributed by atoms with Gasteiger partial charge in [0.1, 0.15) is 5.69 Å². The first-order valence-electron chi connectivity index (χ1n) is 3.65. The van der Waals surface area contributed by atoms with Gasteiger partial charge in [0.25, 0.3) is 0 Å². The summed E-state index contributed by atoms with van der Waals surface area (Å²) in [7, 11) is 0. The molecule has 1 aromatic heterocycles. The largest absolute Gasteiger partial charge is 0.158 e. The molecule has 1 heterocycles. The van der Waals surface area contributed by atoms with Crippen molar-refractivity contribution in [1.82, 2.24) is 20.6 Å².